The summed E-state index contributed by atoms with van der Waals surface area (Å²) in [5, 5.41) is 0. The average Bonchev–Trinajstić information content (AvgIpc) is 2.50. The monoisotopic (exact) mass is 304 g/mol. The first-order valence-corrected chi connectivity index (χ1v) is 8.21. The van der Waals surface area contributed by atoms with Gasteiger partial charge in [0.05, 0.1) is 13.0 Å². The topological polar surface area (TPSA) is 55.6 Å². The molecule has 1 aliphatic rings. The second-order valence-electron chi connectivity index (χ2n) is 6.47. The lowest BCUT2D eigenvalue weighted by atomic mass is 9.92. The van der Waals surface area contributed by atoms with Crippen molar-refractivity contribution in [1.82, 2.24) is 4.90 Å². The van der Waals surface area contributed by atoms with Gasteiger partial charge in [0.15, 0.2) is 0 Å². The van der Waals surface area contributed by atoms with Gasteiger partial charge in [-0.05, 0) is 56.7 Å². The summed E-state index contributed by atoms with van der Waals surface area (Å²) >= 11 is 0. The van der Waals surface area contributed by atoms with Crippen LogP contribution >= 0.6 is 0 Å². The molecule has 0 bridgehead atoms. The molecule has 1 aliphatic heterocycles. The Morgan fingerprint density at radius 3 is 2.95 bits per heavy atom. The zero-order chi connectivity index (χ0) is 16.1. The number of rotatable bonds is 5. The number of carbonyl (C=O) groups excluding carboxylic acids is 1. The minimum atomic E-state index is 0.154. The van der Waals surface area contributed by atoms with Crippen molar-refractivity contribution in [2.45, 2.75) is 46.1 Å². The van der Waals surface area contributed by atoms with E-state index in [1.165, 1.54) is 5.56 Å². The first kappa shape index (κ1) is 16.8. The first-order chi connectivity index (χ1) is 10.5. The van der Waals surface area contributed by atoms with Crippen LogP contribution in [0.25, 0.3) is 0 Å². The van der Waals surface area contributed by atoms with Crippen molar-refractivity contribution in [3.63, 3.8) is 0 Å². The maximum absolute atomic E-state index is 12.3. The SMILES string of the molecule is Cc1ccc(C)c(OCCC(=O)N2CCC[C@H]([C@@H](C)N)C2)c1. The van der Waals surface area contributed by atoms with E-state index in [1.807, 2.05) is 37.8 Å². The lowest BCUT2D eigenvalue weighted by Crippen LogP contribution is -2.45. The molecule has 1 aromatic carbocycles. The molecule has 122 valence electrons. The minimum absolute atomic E-state index is 0.154. The molecule has 1 saturated heterocycles. The molecular formula is C18H28N2O2. The van der Waals surface area contributed by atoms with Crippen molar-refractivity contribution in [3.8, 4) is 5.75 Å². The molecule has 1 aromatic rings. The molecule has 2 N–H and O–H groups in total. The summed E-state index contributed by atoms with van der Waals surface area (Å²) in [6.07, 6.45) is 2.61. The molecule has 0 unspecified atom stereocenters. The van der Waals surface area contributed by atoms with E-state index >= 15 is 0 Å². The van der Waals surface area contributed by atoms with Gasteiger partial charge in [-0.25, -0.2) is 0 Å². The molecule has 2 rings (SSSR count). The van der Waals surface area contributed by atoms with Crippen LogP contribution in [-0.2, 0) is 4.79 Å². The number of nitrogens with two attached hydrogens (primary N) is 1. The molecule has 0 aliphatic carbocycles. The molecule has 0 spiro atoms. The predicted molar refractivity (Wildman–Crippen MR) is 89.0 cm³/mol. The summed E-state index contributed by atoms with van der Waals surface area (Å²) in [7, 11) is 0. The fraction of sp³-hybridized carbons (Fsp3) is 0.611. The molecule has 0 aromatic heterocycles. The highest BCUT2D eigenvalue weighted by Crippen LogP contribution is 2.21. The van der Waals surface area contributed by atoms with Crippen molar-refractivity contribution in [2.75, 3.05) is 19.7 Å². The molecular weight excluding hydrogens is 276 g/mol. The van der Waals surface area contributed by atoms with Crippen LogP contribution in [0.15, 0.2) is 18.2 Å². The van der Waals surface area contributed by atoms with Crippen molar-refractivity contribution >= 4 is 5.91 Å². The van der Waals surface area contributed by atoms with E-state index in [2.05, 4.69) is 6.07 Å². The summed E-state index contributed by atoms with van der Waals surface area (Å²) < 4.78 is 5.78. The second-order valence-corrected chi connectivity index (χ2v) is 6.47. The second kappa shape index (κ2) is 7.63. The zero-order valence-electron chi connectivity index (χ0n) is 14.0. The Hall–Kier alpha value is -1.55. The van der Waals surface area contributed by atoms with Gasteiger partial charge < -0.3 is 15.4 Å². The third kappa shape index (κ3) is 4.47. The Labute approximate surface area is 133 Å². The van der Waals surface area contributed by atoms with E-state index in [0.717, 1.165) is 37.2 Å². The Morgan fingerprint density at radius 1 is 1.45 bits per heavy atom. The smallest absolute Gasteiger partial charge is 0.226 e. The van der Waals surface area contributed by atoms with Crippen molar-refractivity contribution < 1.29 is 9.53 Å². The summed E-state index contributed by atoms with van der Waals surface area (Å²) in [6, 6.07) is 6.29. The van der Waals surface area contributed by atoms with Crippen LogP contribution in [0.4, 0.5) is 0 Å². The van der Waals surface area contributed by atoms with Crippen LogP contribution in [0.5, 0.6) is 5.75 Å². The molecule has 1 heterocycles. The van der Waals surface area contributed by atoms with Gasteiger partial charge in [0, 0.05) is 19.1 Å². The molecule has 1 amide bonds. The molecule has 4 nitrogen and oxygen atoms in total. The fourth-order valence-corrected chi connectivity index (χ4v) is 2.93. The van der Waals surface area contributed by atoms with Gasteiger partial charge in [-0.2, -0.15) is 0 Å². The van der Waals surface area contributed by atoms with E-state index in [1.54, 1.807) is 0 Å². The highest BCUT2D eigenvalue weighted by Gasteiger charge is 2.25. The van der Waals surface area contributed by atoms with E-state index in [0.29, 0.717) is 18.9 Å². The number of hydrogen-bond acceptors (Lipinski definition) is 3. The number of likely N-dealkylation sites (tertiary alicyclic amines) is 1. The summed E-state index contributed by atoms with van der Waals surface area (Å²) in [5.74, 6) is 1.48. The van der Waals surface area contributed by atoms with Crippen LogP contribution in [0.1, 0.15) is 37.3 Å². The van der Waals surface area contributed by atoms with Gasteiger partial charge in [0.1, 0.15) is 5.75 Å². The number of carbonyl (C=O) groups is 1. The summed E-state index contributed by atoms with van der Waals surface area (Å²) in [6.45, 7) is 8.17. The van der Waals surface area contributed by atoms with Gasteiger partial charge >= 0.3 is 0 Å². The maximum atomic E-state index is 12.3. The van der Waals surface area contributed by atoms with Crippen molar-refractivity contribution in [1.29, 1.82) is 0 Å². The third-order valence-electron chi connectivity index (χ3n) is 4.47. The van der Waals surface area contributed by atoms with Gasteiger partial charge in [-0.15, -0.1) is 0 Å². The number of benzene rings is 1. The van der Waals surface area contributed by atoms with E-state index in [-0.39, 0.29) is 11.9 Å². The Bertz CT molecular complexity index is 514. The first-order valence-electron chi connectivity index (χ1n) is 8.21. The standard InChI is InChI=1S/C18H28N2O2/c1-13-6-7-14(2)17(11-13)22-10-8-18(21)20-9-4-5-16(12-20)15(3)19/h6-7,11,15-16H,4-5,8-10,12,19H2,1-3H3/t15-,16+/m1/s1. The number of hydrogen-bond donors (Lipinski definition) is 1. The predicted octanol–water partition coefficient (Wildman–Crippen LogP) is 2.66. The number of ether oxygens (including phenoxy) is 1. The van der Waals surface area contributed by atoms with Crippen molar-refractivity contribution in [2.24, 2.45) is 11.7 Å². The summed E-state index contributed by atoms with van der Waals surface area (Å²) in [5.41, 5.74) is 8.25. The molecule has 4 heteroatoms. The largest absolute Gasteiger partial charge is 0.493 e. The molecule has 1 fully saturated rings. The van der Waals surface area contributed by atoms with E-state index < -0.39 is 0 Å². The highest BCUT2D eigenvalue weighted by molar-refractivity contribution is 5.76. The third-order valence-corrected chi connectivity index (χ3v) is 4.47. The van der Waals surface area contributed by atoms with Gasteiger partial charge in [-0.1, -0.05) is 12.1 Å². The molecule has 0 saturated carbocycles. The molecule has 0 radical (unpaired) electrons. The van der Waals surface area contributed by atoms with Crippen LogP contribution < -0.4 is 10.5 Å². The maximum Gasteiger partial charge on any atom is 0.226 e. The van der Waals surface area contributed by atoms with Crippen LogP contribution in [0.2, 0.25) is 0 Å². The molecule has 2 atom stereocenters. The van der Waals surface area contributed by atoms with Crippen LogP contribution in [-0.4, -0.2) is 36.5 Å². The number of piperidine rings is 1. The zero-order valence-corrected chi connectivity index (χ0v) is 14.0. The van der Waals surface area contributed by atoms with Crippen LogP contribution in [0, 0.1) is 19.8 Å². The average molecular weight is 304 g/mol. The van der Waals surface area contributed by atoms with E-state index in [4.69, 9.17) is 10.5 Å². The van der Waals surface area contributed by atoms with Crippen molar-refractivity contribution in [3.05, 3.63) is 29.3 Å². The lowest BCUT2D eigenvalue weighted by Gasteiger charge is -2.34. The van der Waals surface area contributed by atoms with Gasteiger partial charge in [-0.3, -0.25) is 4.79 Å². The van der Waals surface area contributed by atoms with Gasteiger partial charge in [0.2, 0.25) is 5.91 Å². The Kier molecular flexibility index (Phi) is 5.83. The van der Waals surface area contributed by atoms with Gasteiger partial charge in [0.25, 0.3) is 0 Å². The highest BCUT2D eigenvalue weighted by atomic mass is 16.5. The van der Waals surface area contributed by atoms with E-state index in [9.17, 15) is 4.79 Å². The normalized spacial score (nSPS) is 19.8. The minimum Gasteiger partial charge on any atom is -0.493 e. The lowest BCUT2D eigenvalue weighted by molar-refractivity contribution is -0.133. The van der Waals surface area contributed by atoms with Crippen LogP contribution in [0.3, 0.4) is 0 Å². The Balaban J connectivity index is 1.81. The molecule has 22 heavy (non-hydrogen) atoms. The quantitative estimate of drug-likeness (QED) is 0.910. The Morgan fingerprint density at radius 2 is 2.23 bits per heavy atom. The fourth-order valence-electron chi connectivity index (χ4n) is 2.93. The number of nitrogens with zero attached hydrogens (tertiary/aromatic N) is 1. The number of amides is 1. The summed E-state index contributed by atoms with van der Waals surface area (Å²) in [4.78, 5) is 14.3. The number of aryl methyl sites for hydroxylation is 2.